The Morgan fingerprint density at radius 3 is 2.55 bits per heavy atom. The first kappa shape index (κ1) is 21.0. The molecule has 2 heterocycles. The second-order valence-corrected chi connectivity index (χ2v) is 7.88. The topological polar surface area (TPSA) is 70.4 Å². The largest absolute Gasteiger partial charge is 0.354 e. The van der Waals surface area contributed by atoms with Crippen LogP contribution in [0.1, 0.15) is 37.0 Å². The standard InChI is InChI=1S/C22H33N7/c1-17(2)16-29-12-10-20(11-13-29)25-22(23-14-19-8-6-5-7-9-19)24-15-21-27-26-18(3)28(21)4/h5-9,20H,1,10-16H2,2-4H3,(H2,23,24,25). The third kappa shape index (κ3) is 6.42. The molecular formula is C22H33N7. The summed E-state index contributed by atoms with van der Waals surface area (Å²) in [6.07, 6.45) is 2.20. The molecule has 0 aliphatic carbocycles. The molecule has 156 valence electrons. The van der Waals surface area contributed by atoms with E-state index in [0.29, 0.717) is 19.1 Å². The van der Waals surface area contributed by atoms with Gasteiger partial charge in [-0.05, 0) is 32.3 Å². The minimum Gasteiger partial charge on any atom is -0.354 e. The number of likely N-dealkylation sites (tertiary alicyclic amines) is 1. The fourth-order valence-electron chi connectivity index (χ4n) is 3.48. The Bertz CT molecular complexity index is 817. The van der Waals surface area contributed by atoms with Crippen LogP contribution in [-0.2, 0) is 20.1 Å². The lowest BCUT2D eigenvalue weighted by Crippen LogP contribution is -2.48. The second-order valence-electron chi connectivity index (χ2n) is 7.88. The molecule has 29 heavy (non-hydrogen) atoms. The van der Waals surface area contributed by atoms with Crippen LogP contribution in [0.5, 0.6) is 0 Å². The van der Waals surface area contributed by atoms with Gasteiger partial charge in [0.15, 0.2) is 11.8 Å². The van der Waals surface area contributed by atoms with Gasteiger partial charge in [-0.2, -0.15) is 0 Å². The number of aryl methyl sites for hydroxylation is 1. The van der Waals surface area contributed by atoms with Gasteiger partial charge in [-0.15, -0.1) is 10.2 Å². The van der Waals surface area contributed by atoms with Gasteiger partial charge in [0, 0.05) is 32.7 Å². The summed E-state index contributed by atoms with van der Waals surface area (Å²) >= 11 is 0. The molecule has 0 atom stereocenters. The molecule has 0 radical (unpaired) electrons. The van der Waals surface area contributed by atoms with Crippen molar-refractivity contribution < 1.29 is 0 Å². The zero-order valence-corrected chi connectivity index (χ0v) is 17.9. The van der Waals surface area contributed by atoms with Gasteiger partial charge in [0.1, 0.15) is 5.82 Å². The number of aliphatic imine (C=N–C) groups is 1. The molecule has 1 aliphatic heterocycles. The number of nitrogens with zero attached hydrogens (tertiary/aromatic N) is 5. The van der Waals surface area contributed by atoms with Gasteiger partial charge >= 0.3 is 0 Å². The lowest BCUT2D eigenvalue weighted by atomic mass is 10.0. The molecule has 1 aromatic heterocycles. The van der Waals surface area contributed by atoms with Gasteiger partial charge in [0.05, 0.1) is 13.1 Å². The predicted molar refractivity (Wildman–Crippen MR) is 118 cm³/mol. The lowest BCUT2D eigenvalue weighted by Gasteiger charge is -2.33. The Morgan fingerprint density at radius 1 is 1.21 bits per heavy atom. The number of hydrogen-bond acceptors (Lipinski definition) is 4. The van der Waals surface area contributed by atoms with Crippen LogP contribution in [-0.4, -0.2) is 51.3 Å². The van der Waals surface area contributed by atoms with E-state index >= 15 is 0 Å². The van der Waals surface area contributed by atoms with Crippen molar-refractivity contribution >= 4 is 5.96 Å². The van der Waals surface area contributed by atoms with Crippen molar-refractivity contribution in [2.75, 3.05) is 19.6 Å². The number of piperidine rings is 1. The maximum absolute atomic E-state index is 4.82. The van der Waals surface area contributed by atoms with Crippen LogP contribution >= 0.6 is 0 Å². The first-order valence-corrected chi connectivity index (χ1v) is 10.3. The van der Waals surface area contributed by atoms with E-state index < -0.39 is 0 Å². The fraction of sp³-hybridized carbons (Fsp3) is 0.500. The highest BCUT2D eigenvalue weighted by Gasteiger charge is 2.20. The van der Waals surface area contributed by atoms with Crippen LogP contribution < -0.4 is 10.6 Å². The number of benzene rings is 1. The quantitative estimate of drug-likeness (QED) is 0.428. The first-order chi connectivity index (χ1) is 14.0. The van der Waals surface area contributed by atoms with Crippen molar-refractivity contribution in [3.05, 3.63) is 59.7 Å². The normalized spacial score (nSPS) is 16.0. The summed E-state index contributed by atoms with van der Waals surface area (Å²) in [5.74, 6) is 2.63. The molecule has 7 nitrogen and oxygen atoms in total. The molecule has 0 unspecified atom stereocenters. The molecular weight excluding hydrogens is 362 g/mol. The minimum atomic E-state index is 0.416. The van der Waals surface area contributed by atoms with Gasteiger partial charge in [0.25, 0.3) is 0 Å². The molecule has 1 fully saturated rings. The Kier molecular flexibility index (Phi) is 7.41. The zero-order valence-electron chi connectivity index (χ0n) is 17.9. The van der Waals surface area contributed by atoms with E-state index in [1.165, 1.54) is 11.1 Å². The van der Waals surface area contributed by atoms with Gasteiger partial charge in [0.2, 0.25) is 0 Å². The highest BCUT2D eigenvalue weighted by molar-refractivity contribution is 5.80. The molecule has 0 amide bonds. The Morgan fingerprint density at radius 2 is 1.93 bits per heavy atom. The van der Waals surface area contributed by atoms with Crippen molar-refractivity contribution in [3.63, 3.8) is 0 Å². The summed E-state index contributed by atoms with van der Waals surface area (Å²) in [4.78, 5) is 7.29. The van der Waals surface area contributed by atoms with Crippen LogP contribution in [0, 0.1) is 6.92 Å². The van der Waals surface area contributed by atoms with Gasteiger partial charge in [-0.3, -0.25) is 4.90 Å². The Labute approximate surface area is 173 Å². The summed E-state index contributed by atoms with van der Waals surface area (Å²) in [5.41, 5.74) is 2.42. The van der Waals surface area contributed by atoms with Crippen molar-refractivity contribution in [1.82, 2.24) is 30.3 Å². The van der Waals surface area contributed by atoms with Crippen molar-refractivity contribution in [1.29, 1.82) is 0 Å². The monoisotopic (exact) mass is 395 g/mol. The number of nitrogens with one attached hydrogen (secondary N) is 2. The SMILES string of the molecule is C=C(C)CN1CCC(NC(=NCc2ccccc2)NCc2nnc(C)n2C)CC1. The van der Waals surface area contributed by atoms with Crippen molar-refractivity contribution in [3.8, 4) is 0 Å². The molecule has 0 bridgehead atoms. The molecule has 0 spiro atoms. The van der Waals surface area contributed by atoms with Crippen LogP contribution in [0.2, 0.25) is 0 Å². The average Bonchev–Trinajstić information content (AvgIpc) is 3.04. The van der Waals surface area contributed by atoms with Crippen molar-refractivity contribution in [2.45, 2.75) is 45.8 Å². The minimum absolute atomic E-state index is 0.416. The molecule has 1 saturated heterocycles. The molecule has 1 aliphatic rings. The van der Waals surface area contributed by atoms with E-state index in [1.54, 1.807) is 0 Å². The summed E-state index contributed by atoms with van der Waals surface area (Å²) in [6.45, 7) is 12.5. The maximum atomic E-state index is 4.82. The fourth-order valence-corrected chi connectivity index (χ4v) is 3.48. The summed E-state index contributed by atoms with van der Waals surface area (Å²) < 4.78 is 2.00. The molecule has 2 N–H and O–H groups in total. The summed E-state index contributed by atoms with van der Waals surface area (Å²) in [5, 5.41) is 15.4. The highest BCUT2D eigenvalue weighted by Crippen LogP contribution is 2.12. The predicted octanol–water partition coefficient (Wildman–Crippen LogP) is 2.40. The van der Waals surface area contributed by atoms with E-state index in [4.69, 9.17) is 4.99 Å². The van der Waals surface area contributed by atoms with Crippen molar-refractivity contribution in [2.24, 2.45) is 12.0 Å². The lowest BCUT2D eigenvalue weighted by molar-refractivity contribution is 0.221. The Hall–Kier alpha value is -2.67. The van der Waals surface area contributed by atoms with Crippen LogP contribution in [0.4, 0.5) is 0 Å². The van der Waals surface area contributed by atoms with E-state index in [2.05, 4.69) is 51.4 Å². The first-order valence-electron chi connectivity index (χ1n) is 10.3. The number of hydrogen-bond donors (Lipinski definition) is 2. The van der Waals surface area contributed by atoms with E-state index in [9.17, 15) is 0 Å². The molecule has 1 aromatic carbocycles. The third-order valence-corrected chi connectivity index (χ3v) is 5.28. The summed E-state index contributed by atoms with van der Waals surface area (Å²) in [6, 6.07) is 10.7. The molecule has 3 rings (SSSR count). The van der Waals surface area contributed by atoms with Crippen LogP contribution in [0.3, 0.4) is 0 Å². The number of aromatic nitrogens is 3. The second kappa shape index (κ2) is 10.2. The van der Waals surface area contributed by atoms with E-state index in [1.807, 2.05) is 36.7 Å². The number of guanidine groups is 1. The number of rotatable bonds is 7. The average molecular weight is 396 g/mol. The Balaban J connectivity index is 1.61. The van der Waals surface area contributed by atoms with E-state index in [0.717, 1.165) is 50.1 Å². The van der Waals surface area contributed by atoms with Gasteiger partial charge in [-0.25, -0.2) is 4.99 Å². The van der Waals surface area contributed by atoms with E-state index in [-0.39, 0.29) is 0 Å². The smallest absolute Gasteiger partial charge is 0.192 e. The van der Waals surface area contributed by atoms with Gasteiger partial charge in [-0.1, -0.05) is 42.5 Å². The highest BCUT2D eigenvalue weighted by atomic mass is 15.3. The molecule has 7 heteroatoms. The zero-order chi connectivity index (χ0) is 20.6. The maximum Gasteiger partial charge on any atom is 0.192 e. The summed E-state index contributed by atoms with van der Waals surface area (Å²) in [7, 11) is 1.98. The van der Waals surface area contributed by atoms with Gasteiger partial charge < -0.3 is 15.2 Å². The van der Waals surface area contributed by atoms with Crippen LogP contribution in [0.15, 0.2) is 47.5 Å². The molecule has 0 saturated carbocycles. The molecule has 2 aromatic rings. The third-order valence-electron chi connectivity index (χ3n) is 5.28. The van der Waals surface area contributed by atoms with Crippen LogP contribution in [0.25, 0.3) is 0 Å².